The topological polar surface area (TPSA) is 91.9 Å². The van der Waals surface area contributed by atoms with Crippen molar-refractivity contribution in [2.45, 2.75) is 0 Å². The Labute approximate surface area is 84.9 Å². The van der Waals surface area contributed by atoms with Crippen molar-refractivity contribution in [1.82, 2.24) is 9.97 Å². The van der Waals surface area contributed by atoms with E-state index in [0.717, 1.165) is 0 Å². The SMILES string of the molecule is Nc1nccnc1C(=O)[O-].[Na+]. The molecule has 0 spiro atoms. The molecular formula is C5H4N3NaO2. The first-order chi connectivity index (χ1) is 4.72. The number of aromatic nitrogens is 2. The molecule has 0 amide bonds. The summed E-state index contributed by atoms with van der Waals surface area (Å²) in [7, 11) is 0. The van der Waals surface area contributed by atoms with Crippen LogP contribution in [0.2, 0.25) is 0 Å². The zero-order valence-corrected chi connectivity index (χ0v) is 7.94. The largest absolute Gasteiger partial charge is 1.00 e. The first-order valence-corrected chi connectivity index (χ1v) is 2.49. The van der Waals surface area contributed by atoms with Crippen molar-refractivity contribution < 1.29 is 39.5 Å². The van der Waals surface area contributed by atoms with E-state index in [-0.39, 0.29) is 41.1 Å². The predicted molar refractivity (Wildman–Crippen MR) is 30.8 cm³/mol. The van der Waals surface area contributed by atoms with E-state index in [4.69, 9.17) is 5.73 Å². The Hall–Kier alpha value is -0.650. The first-order valence-electron chi connectivity index (χ1n) is 2.49. The molecule has 1 aromatic heterocycles. The molecule has 52 valence electrons. The number of rotatable bonds is 1. The van der Waals surface area contributed by atoms with Gasteiger partial charge in [0.2, 0.25) is 0 Å². The molecule has 0 radical (unpaired) electrons. The van der Waals surface area contributed by atoms with Gasteiger partial charge in [0.25, 0.3) is 0 Å². The number of anilines is 1. The van der Waals surface area contributed by atoms with E-state index in [0.29, 0.717) is 0 Å². The van der Waals surface area contributed by atoms with Crippen molar-refractivity contribution in [3.05, 3.63) is 18.1 Å². The molecule has 0 aliphatic heterocycles. The minimum absolute atomic E-state index is 0. The maximum atomic E-state index is 10.1. The number of nitrogens with two attached hydrogens (primary N) is 1. The van der Waals surface area contributed by atoms with Gasteiger partial charge in [0.15, 0.2) is 5.82 Å². The number of hydrogen-bond donors (Lipinski definition) is 1. The van der Waals surface area contributed by atoms with E-state index in [2.05, 4.69) is 9.97 Å². The molecule has 0 saturated carbocycles. The van der Waals surface area contributed by atoms with E-state index >= 15 is 0 Å². The van der Waals surface area contributed by atoms with Crippen LogP contribution in [0, 0.1) is 0 Å². The third kappa shape index (κ3) is 2.45. The van der Waals surface area contributed by atoms with Crippen molar-refractivity contribution in [3.63, 3.8) is 0 Å². The molecule has 0 aliphatic carbocycles. The second-order valence-electron chi connectivity index (χ2n) is 1.58. The van der Waals surface area contributed by atoms with Gasteiger partial charge in [-0.25, -0.2) is 9.97 Å². The average molecular weight is 161 g/mol. The molecule has 0 aliphatic rings. The minimum Gasteiger partial charge on any atom is -0.543 e. The van der Waals surface area contributed by atoms with Gasteiger partial charge >= 0.3 is 29.6 Å². The van der Waals surface area contributed by atoms with Gasteiger partial charge in [-0.15, -0.1) is 0 Å². The Morgan fingerprint density at radius 3 is 2.36 bits per heavy atom. The molecule has 0 saturated heterocycles. The fraction of sp³-hybridized carbons (Fsp3) is 0. The first kappa shape index (κ1) is 10.3. The van der Waals surface area contributed by atoms with Crippen LogP contribution in [0.1, 0.15) is 10.5 Å². The second-order valence-corrected chi connectivity index (χ2v) is 1.58. The van der Waals surface area contributed by atoms with Gasteiger partial charge < -0.3 is 15.6 Å². The zero-order chi connectivity index (χ0) is 7.56. The third-order valence-electron chi connectivity index (χ3n) is 0.920. The summed E-state index contributed by atoms with van der Waals surface area (Å²) in [4.78, 5) is 17.1. The number of carbonyl (C=O) groups is 1. The monoisotopic (exact) mass is 161 g/mol. The number of hydrogen-bond acceptors (Lipinski definition) is 5. The summed E-state index contributed by atoms with van der Waals surface area (Å²) in [5, 5.41) is 10.1. The van der Waals surface area contributed by atoms with Crippen LogP contribution < -0.4 is 40.4 Å². The summed E-state index contributed by atoms with van der Waals surface area (Å²) < 4.78 is 0. The fourth-order valence-electron chi connectivity index (χ4n) is 0.506. The second kappa shape index (κ2) is 4.27. The maximum absolute atomic E-state index is 10.1. The Balaban J connectivity index is 0.000001000. The summed E-state index contributed by atoms with van der Waals surface area (Å²) in [5.41, 5.74) is 4.81. The number of carboxylic acid groups (broad SMARTS) is 1. The molecule has 1 rings (SSSR count). The quantitative estimate of drug-likeness (QED) is 0.418. The normalized spacial score (nSPS) is 8.36. The fourth-order valence-corrected chi connectivity index (χ4v) is 0.506. The zero-order valence-electron chi connectivity index (χ0n) is 5.94. The number of nitrogen functional groups attached to an aromatic ring is 1. The van der Waals surface area contributed by atoms with Gasteiger partial charge in [0.1, 0.15) is 5.69 Å². The van der Waals surface area contributed by atoms with E-state index < -0.39 is 5.97 Å². The Morgan fingerprint density at radius 2 is 2.00 bits per heavy atom. The van der Waals surface area contributed by atoms with Crippen LogP contribution in [-0.4, -0.2) is 15.9 Å². The number of aromatic carboxylic acids is 1. The van der Waals surface area contributed by atoms with Crippen LogP contribution >= 0.6 is 0 Å². The van der Waals surface area contributed by atoms with Gasteiger partial charge in [-0.2, -0.15) is 0 Å². The van der Waals surface area contributed by atoms with Crippen molar-refractivity contribution in [3.8, 4) is 0 Å². The number of nitrogens with zero attached hydrogens (tertiary/aromatic N) is 2. The molecule has 0 unspecified atom stereocenters. The average Bonchev–Trinajstić information content (AvgIpc) is 1.88. The van der Waals surface area contributed by atoms with Crippen LogP contribution in [0.4, 0.5) is 5.82 Å². The molecule has 5 nitrogen and oxygen atoms in total. The summed E-state index contributed by atoms with van der Waals surface area (Å²) >= 11 is 0. The summed E-state index contributed by atoms with van der Waals surface area (Å²) in [6, 6.07) is 0. The van der Waals surface area contributed by atoms with Crippen LogP contribution in [0.3, 0.4) is 0 Å². The molecule has 1 heterocycles. The van der Waals surface area contributed by atoms with Crippen LogP contribution in [0.15, 0.2) is 12.4 Å². The third-order valence-corrected chi connectivity index (χ3v) is 0.920. The van der Waals surface area contributed by atoms with Gasteiger partial charge in [-0.1, -0.05) is 0 Å². The summed E-state index contributed by atoms with van der Waals surface area (Å²) in [6.07, 6.45) is 2.54. The molecular weight excluding hydrogens is 157 g/mol. The standard InChI is InChI=1S/C5H5N3O2.Na/c6-4-3(5(9)10)7-1-2-8-4;/h1-2H,(H2,6,8)(H,9,10);/q;+1/p-1. The van der Waals surface area contributed by atoms with Gasteiger partial charge in [-0.05, 0) is 0 Å². The Bertz CT molecular complexity index is 266. The van der Waals surface area contributed by atoms with E-state index in [9.17, 15) is 9.90 Å². The Morgan fingerprint density at radius 1 is 1.45 bits per heavy atom. The van der Waals surface area contributed by atoms with Crippen molar-refractivity contribution >= 4 is 11.8 Å². The molecule has 6 heteroatoms. The molecule has 2 N–H and O–H groups in total. The summed E-state index contributed by atoms with van der Waals surface area (Å²) in [6.45, 7) is 0. The molecule has 0 bridgehead atoms. The molecule has 0 aromatic carbocycles. The van der Waals surface area contributed by atoms with E-state index in [1.807, 2.05) is 0 Å². The maximum Gasteiger partial charge on any atom is 1.00 e. The van der Waals surface area contributed by atoms with Gasteiger partial charge in [0.05, 0.1) is 5.97 Å². The molecule has 0 fully saturated rings. The van der Waals surface area contributed by atoms with Crippen LogP contribution in [0.25, 0.3) is 0 Å². The summed E-state index contributed by atoms with van der Waals surface area (Å²) in [5.74, 6) is -1.53. The van der Waals surface area contributed by atoms with Crippen LogP contribution in [0.5, 0.6) is 0 Å². The van der Waals surface area contributed by atoms with Gasteiger partial charge in [0, 0.05) is 12.4 Å². The number of carbonyl (C=O) groups excluding carboxylic acids is 1. The van der Waals surface area contributed by atoms with Gasteiger partial charge in [-0.3, -0.25) is 0 Å². The Kier molecular flexibility index (Phi) is 4.02. The van der Waals surface area contributed by atoms with E-state index in [1.54, 1.807) is 0 Å². The number of carboxylic acids is 1. The van der Waals surface area contributed by atoms with E-state index in [1.165, 1.54) is 12.4 Å². The molecule has 11 heavy (non-hydrogen) atoms. The van der Waals surface area contributed by atoms with Crippen molar-refractivity contribution in [1.29, 1.82) is 0 Å². The molecule has 1 aromatic rings. The van der Waals surface area contributed by atoms with Crippen molar-refractivity contribution in [2.75, 3.05) is 5.73 Å². The van der Waals surface area contributed by atoms with Crippen molar-refractivity contribution in [2.24, 2.45) is 0 Å². The predicted octanol–water partition coefficient (Wildman–Crippen LogP) is -4.57. The minimum atomic E-state index is -1.41. The van der Waals surface area contributed by atoms with Crippen LogP contribution in [-0.2, 0) is 0 Å². The smallest absolute Gasteiger partial charge is 0.543 e. The molecule has 0 atom stereocenters.